The van der Waals surface area contributed by atoms with E-state index in [2.05, 4.69) is 0 Å². The number of ether oxygens (including phenoxy) is 2. The molecule has 2 rings (SSSR count). The van der Waals surface area contributed by atoms with E-state index in [1.807, 2.05) is 43.3 Å². The number of nitrogens with two attached hydrogens (primary N) is 1. The van der Waals surface area contributed by atoms with Gasteiger partial charge in [-0.3, -0.25) is 0 Å². The van der Waals surface area contributed by atoms with E-state index in [-0.39, 0.29) is 0 Å². The van der Waals surface area contributed by atoms with Gasteiger partial charge in [0.2, 0.25) is 0 Å². The van der Waals surface area contributed by atoms with Crippen LogP contribution in [0.4, 0.5) is 0 Å². The number of thiocarbonyl (C=S) groups is 1. The first-order chi connectivity index (χ1) is 10.0. The third-order valence-corrected chi connectivity index (χ3v) is 3.53. The van der Waals surface area contributed by atoms with E-state index in [1.165, 1.54) is 0 Å². The number of halogens is 1. The number of benzene rings is 2. The zero-order valence-corrected chi connectivity index (χ0v) is 13.4. The fourth-order valence-electron chi connectivity index (χ4n) is 1.92. The molecule has 2 aromatic carbocycles. The van der Waals surface area contributed by atoms with E-state index >= 15 is 0 Å². The van der Waals surface area contributed by atoms with E-state index < -0.39 is 0 Å². The van der Waals surface area contributed by atoms with Crippen LogP contribution in [0.1, 0.15) is 16.7 Å². The summed E-state index contributed by atoms with van der Waals surface area (Å²) in [7, 11) is 1.58. The summed E-state index contributed by atoms with van der Waals surface area (Å²) in [6.45, 7) is 2.36. The summed E-state index contributed by atoms with van der Waals surface area (Å²) < 4.78 is 11.0. The molecule has 2 aromatic rings. The number of hydrogen-bond donors (Lipinski definition) is 1. The molecular formula is C16H16ClNO2S. The van der Waals surface area contributed by atoms with Crippen molar-refractivity contribution in [3.8, 4) is 11.5 Å². The second-order valence-electron chi connectivity index (χ2n) is 4.62. The van der Waals surface area contributed by atoms with Crippen molar-refractivity contribution in [1.29, 1.82) is 0 Å². The van der Waals surface area contributed by atoms with Crippen LogP contribution >= 0.6 is 23.8 Å². The minimum Gasteiger partial charge on any atom is -0.496 e. The summed E-state index contributed by atoms with van der Waals surface area (Å²) >= 11 is 11.2. The van der Waals surface area contributed by atoms with Crippen LogP contribution in [-0.4, -0.2) is 12.1 Å². The maximum absolute atomic E-state index is 6.14. The molecule has 0 spiro atoms. The molecular weight excluding hydrogens is 306 g/mol. The summed E-state index contributed by atoms with van der Waals surface area (Å²) in [6.07, 6.45) is 0. The molecule has 5 heteroatoms. The maximum atomic E-state index is 6.14. The molecule has 0 amide bonds. The molecule has 0 bridgehead atoms. The zero-order chi connectivity index (χ0) is 15.4. The Labute approximate surface area is 134 Å². The Morgan fingerprint density at radius 3 is 2.52 bits per heavy atom. The predicted octanol–water partition coefficient (Wildman–Crippen LogP) is 3.87. The molecule has 2 N–H and O–H groups in total. The lowest BCUT2D eigenvalue weighted by molar-refractivity contribution is 0.306. The van der Waals surface area contributed by atoms with Gasteiger partial charge in [0.15, 0.2) is 0 Å². The average molecular weight is 322 g/mol. The van der Waals surface area contributed by atoms with Gasteiger partial charge >= 0.3 is 0 Å². The highest BCUT2D eigenvalue weighted by Gasteiger charge is 2.08. The van der Waals surface area contributed by atoms with Crippen LogP contribution in [0.2, 0.25) is 5.02 Å². The molecule has 0 heterocycles. The first-order valence-corrected chi connectivity index (χ1v) is 7.15. The molecule has 0 aliphatic carbocycles. The van der Waals surface area contributed by atoms with Gasteiger partial charge < -0.3 is 15.2 Å². The number of rotatable bonds is 5. The van der Waals surface area contributed by atoms with Crippen LogP contribution in [0.15, 0.2) is 36.4 Å². The molecule has 0 saturated carbocycles. The van der Waals surface area contributed by atoms with Gasteiger partial charge in [-0.25, -0.2) is 0 Å². The van der Waals surface area contributed by atoms with Crippen molar-refractivity contribution in [3.63, 3.8) is 0 Å². The molecule has 0 fully saturated rings. The quantitative estimate of drug-likeness (QED) is 0.849. The highest BCUT2D eigenvalue weighted by atomic mass is 35.5. The smallest absolute Gasteiger partial charge is 0.138 e. The summed E-state index contributed by atoms with van der Waals surface area (Å²) in [6, 6.07) is 11.3. The van der Waals surface area contributed by atoms with E-state index in [0.29, 0.717) is 33.7 Å². The van der Waals surface area contributed by atoms with Crippen molar-refractivity contribution < 1.29 is 9.47 Å². The molecule has 0 atom stereocenters. The topological polar surface area (TPSA) is 44.5 Å². The van der Waals surface area contributed by atoms with E-state index in [4.69, 9.17) is 39.0 Å². The Hall–Kier alpha value is -1.78. The first kappa shape index (κ1) is 15.6. The molecule has 0 aliphatic heterocycles. The number of hydrogen-bond acceptors (Lipinski definition) is 3. The van der Waals surface area contributed by atoms with Gasteiger partial charge in [0.25, 0.3) is 0 Å². The van der Waals surface area contributed by atoms with Crippen molar-refractivity contribution in [2.24, 2.45) is 5.73 Å². The molecule has 0 aliphatic rings. The molecule has 21 heavy (non-hydrogen) atoms. The van der Waals surface area contributed by atoms with Crippen LogP contribution in [0.3, 0.4) is 0 Å². The second-order valence-corrected chi connectivity index (χ2v) is 5.47. The van der Waals surface area contributed by atoms with Gasteiger partial charge in [0.1, 0.15) is 23.1 Å². The van der Waals surface area contributed by atoms with E-state index in [0.717, 1.165) is 11.1 Å². The van der Waals surface area contributed by atoms with Crippen LogP contribution in [0, 0.1) is 6.92 Å². The molecule has 3 nitrogen and oxygen atoms in total. The SMILES string of the molecule is COc1ccc(COc2ccc(C)cc2Cl)cc1C(N)=S. The Bertz CT molecular complexity index is 673. The standard InChI is InChI=1S/C16H16ClNO2S/c1-10-3-5-15(13(17)7-10)20-9-11-4-6-14(19-2)12(8-11)16(18)21/h3-8H,9H2,1-2H3,(H2,18,21). The fraction of sp³-hybridized carbons (Fsp3) is 0.188. The normalized spacial score (nSPS) is 10.2. The van der Waals surface area contributed by atoms with Gasteiger partial charge in [-0.05, 0) is 42.3 Å². The molecule has 0 radical (unpaired) electrons. The summed E-state index contributed by atoms with van der Waals surface area (Å²) in [5, 5.41) is 0.595. The van der Waals surface area contributed by atoms with Crippen LogP contribution < -0.4 is 15.2 Å². The summed E-state index contributed by atoms with van der Waals surface area (Å²) in [4.78, 5) is 0.294. The molecule has 0 aromatic heterocycles. The third kappa shape index (κ3) is 3.86. The highest BCUT2D eigenvalue weighted by molar-refractivity contribution is 7.80. The zero-order valence-electron chi connectivity index (χ0n) is 11.9. The van der Waals surface area contributed by atoms with Crippen LogP contribution in [0.5, 0.6) is 11.5 Å². The largest absolute Gasteiger partial charge is 0.496 e. The van der Waals surface area contributed by atoms with Crippen molar-refractivity contribution >= 4 is 28.8 Å². The van der Waals surface area contributed by atoms with Crippen LogP contribution in [-0.2, 0) is 6.61 Å². The van der Waals surface area contributed by atoms with Crippen molar-refractivity contribution in [2.45, 2.75) is 13.5 Å². The highest BCUT2D eigenvalue weighted by Crippen LogP contribution is 2.27. The van der Waals surface area contributed by atoms with E-state index in [1.54, 1.807) is 7.11 Å². The van der Waals surface area contributed by atoms with Crippen LogP contribution in [0.25, 0.3) is 0 Å². The molecule has 0 unspecified atom stereocenters. The lowest BCUT2D eigenvalue weighted by atomic mass is 10.1. The maximum Gasteiger partial charge on any atom is 0.138 e. The summed E-state index contributed by atoms with van der Waals surface area (Å²) in [5.41, 5.74) is 8.42. The van der Waals surface area contributed by atoms with Gasteiger partial charge in [-0.2, -0.15) is 0 Å². The Balaban J connectivity index is 2.16. The summed E-state index contributed by atoms with van der Waals surface area (Å²) in [5.74, 6) is 1.30. The van der Waals surface area contributed by atoms with Gasteiger partial charge in [0.05, 0.1) is 17.7 Å². The Morgan fingerprint density at radius 1 is 1.19 bits per heavy atom. The second kappa shape index (κ2) is 6.78. The number of aryl methyl sites for hydroxylation is 1. The minimum atomic E-state index is 0.294. The van der Waals surface area contributed by atoms with Crippen molar-refractivity contribution in [3.05, 3.63) is 58.1 Å². The number of methoxy groups -OCH3 is 1. The monoisotopic (exact) mass is 321 g/mol. The Kier molecular flexibility index (Phi) is 5.04. The minimum absolute atomic E-state index is 0.294. The van der Waals surface area contributed by atoms with Gasteiger partial charge in [-0.15, -0.1) is 0 Å². The molecule has 110 valence electrons. The van der Waals surface area contributed by atoms with E-state index in [9.17, 15) is 0 Å². The predicted molar refractivity (Wildman–Crippen MR) is 89.4 cm³/mol. The van der Waals surface area contributed by atoms with Crippen molar-refractivity contribution in [2.75, 3.05) is 7.11 Å². The van der Waals surface area contributed by atoms with Crippen molar-refractivity contribution in [1.82, 2.24) is 0 Å². The third-order valence-electron chi connectivity index (χ3n) is 3.01. The van der Waals surface area contributed by atoms with Gasteiger partial charge in [0, 0.05) is 0 Å². The van der Waals surface area contributed by atoms with Gasteiger partial charge in [-0.1, -0.05) is 36.0 Å². The lowest BCUT2D eigenvalue weighted by Crippen LogP contribution is -2.12. The average Bonchev–Trinajstić information content (AvgIpc) is 2.46. The fourth-order valence-corrected chi connectivity index (χ4v) is 2.37. The molecule has 0 saturated heterocycles. The first-order valence-electron chi connectivity index (χ1n) is 6.37. The lowest BCUT2D eigenvalue weighted by Gasteiger charge is -2.12. The Morgan fingerprint density at radius 2 is 1.90 bits per heavy atom.